The Morgan fingerprint density at radius 3 is 2.63 bits per heavy atom. The highest BCUT2D eigenvalue weighted by atomic mass is 35.5. The lowest BCUT2D eigenvalue weighted by Gasteiger charge is -2.23. The van der Waals surface area contributed by atoms with Crippen LogP contribution in [0.25, 0.3) is 11.4 Å². The van der Waals surface area contributed by atoms with Crippen LogP contribution in [0.15, 0.2) is 24.3 Å². The highest BCUT2D eigenvalue weighted by Gasteiger charge is 2.45. The van der Waals surface area contributed by atoms with Crippen molar-refractivity contribution in [1.29, 1.82) is 0 Å². The van der Waals surface area contributed by atoms with Crippen LogP contribution in [0.2, 0.25) is 4.34 Å². The van der Waals surface area contributed by atoms with E-state index in [4.69, 9.17) is 11.6 Å². The fourth-order valence-corrected chi connectivity index (χ4v) is 4.72. The zero-order valence-electron chi connectivity index (χ0n) is 16.3. The second-order valence-corrected chi connectivity index (χ2v) is 9.03. The number of amides is 1. The lowest BCUT2D eigenvalue weighted by atomic mass is 9.83. The van der Waals surface area contributed by atoms with Gasteiger partial charge in [-0.05, 0) is 30.0 Å². The lowest BCUT2D eigenvalue weighted by molar-refractivity contribution is -0.118. The number of aromatic nitrogens is 5. The smallest absolute Gasteiger partial charge is 0.248 e. The molecule has 0 bridgehead atoms. The summed E-state index contributed by atoms with van der Waals surface area (Å²) in [6.07, 6.45) is -0.266. The number of benzene rings is 1. The molecule has 0 aliphatic heterocycles. The first kappa shape index (κ1) is 20.8. The third-order valence-electron chi connectivity index (χ3n) is 5.20. The van der Waals surface area contributed by atoms with Gasteiger partial charge >= 0.3 is 0 Å². The Morgan fingerprint density at radius 2 is 2.10 bits per heavy atom. The summed E-state index contributed by atoms with van der Waals surface area (Å²) in [5.41, 5.74) is 1.99. The number of anilines is 1. The highest BCUT2D eigenvalue weighted by molar-refractivity contribution is 7.19. The van der Waals surface area contributed by atoms with E-state index >= 15 is 0 Å². The van der Waals surface area contributed by atoms with Crippen molar-refractivity contribution >= 4 is 34.0 Å². The van der Waals surface area contributed by atoms with Gasteiger partial charge in [-0.1, -0.05) is 47.2 Å². The number of halogens is 3. The van der Waals surface area contributed by atoms with E-state index in [2.05, 4.69) is 25.7 Å². The minimum atomic E-state index is -2.76. The normalized spacial score (nSPS) is 19.0. The molecule has 1 amide bonds. The van der Waals surface area contributed by atoms with Gasteiger partial charge in [0.2, 0.25) is 17.7 Å². The van der Waals surface area contributed by atoms with Gasteiger partial charge in [-0.15, -0.1) is 10.2 Å². The summed E-state index contributed by atoms with van der Waals surface area (Å²) in [5, 5.41) is 15.0. The first-order chi connectivity index (χ1) is 14.2. The Labute approximate surface area is 180 Å². The van der Waals surface area contributed by atoms with Crippen molar-refractivity contribution in [2.75, 3.05) is 5.32 Å². The molecule has 1 aromatic carbocycles. The molecule has 11 heteroatoms. The van der Waals surface area contributed by atoms with Gasteiger partial charge in [-0.3, -0.25) is 4.79 Å². The van der Waals surface area contributed by atoms with Crippen LogP contribution in [0, 0.1) is 12.8 Å². The number of carbonyl (C=O) groups excluding carboxylic acids is 1. The Kier molecular flexibility index (Phi) is 5.54. The first-order valence-electron chi connectivity index (χ1n) is 9.38. The second kappa shape index (κ2) is 7.99. The number of carbonyl (C=O) groups is 1. The summed E-state index contributed by atoms with van der Waals surface area (Å²) in [6.45, 7) is 1.74. The molecule has 1 saturated carbocycles. The van der Waals surface area contributed by atoms with Gasteiger partial charge in [0.15, 0.2) is 5.13 Å². The molecule has 0 unspecified atom stereocenters. The predicted octanol–water partition coefficient (Wildman–Crippen LogP) is 4.45. The molecule has 4 rings (SSSR count). The van der Waals surface area contributed by atoms with E-state index in [0.717, 1.165) is 16.9 Å². The largest absolute Gasteiger partial charge is 0.301 e. The lowest BCUT2D eigenvalue weighted by Crippen LogP contribution is -2.27. The fraction of sp³-hybridized carbons (Fsp3) is 0.421. The van der Waals surface area contributed by atoms with Crippen molar-refractivity contribution < 1.29 is 13.6 Å². The molecule has 0 radical (unpaired) electrons. The molecular weight excluding hydrogens is 434 g/mol. The number of rotatable bonds is 5. The van der Waals surface area contributed by atoms with Crippen LogP contribution in [0.3, 0.4) is 0 Å². The van der Waals surface area contributed by atoms with Crippen molar-refractivity contribution in [1.82, 2.24) is 25.2 Å². The van der Waals surface area contributed by atoms with E-state index in [1.54, 1.807) is 38.2 Å². The molecule has 1 aliphatic carbocycles. The Balaban J connectivity index is 1.62. The topological polar surface area (TPSA) is 85.6 Å². The molecule has 1 fully saturated rings. The molecule has 3 aromatic rings. The number of hydrogen-bond acceptors (Lipinski definition) is 6. The third kappa shape index (κ3) is 4.34. The third-order valence-corrected chi connectivity index (χ3v) is 6.57. The number of alkyl halides is 2. The molecule has 2 heterocycles. The summed E-state index contributed by atoms with van der Waals surface area (Å²) >= 11 is 7.19. The number of aryl methyl sites for hydroxylation is 2. The Hall–Kier alpha value is -2.46. The fourth-order valence-electron chi connectivity index (χ4n) is 3.76. The number of tetrazole rings is 1. The molecule has 7 nitrogen and oxygen atoms in total. The van der Waals surface area contributed by atoms with Crippen molar-refractivity contribution in [3.05, 3.63) is 39.9 Å². The van der Waals surface area contributed by atoms with Gasteiger partial charge in [-0.2, -0.15) is 4.80 Å². The van der Waals surface area contributed by atoms with E-state index in [1.807, 2.05) is 0 Å². The Bertz CT molecular complexity index is 1050. The number of nitrogens with one attached hydrogen (secondary N) is 1. The van der Waals surface area contributed by atoms with E-state index in [9.17, 15) is 13.6 Å². The van der Waals surface area contributed by atoms with Crippen molar-refractivity contribution in [2.45, 2.75) is 38.0 Å². The van der Waals surface area contributed by atoms with Crippen LogP contribution in [0.1, 0.15) is 36.4 Å². The second-order valence-electron chi connectivity index (χ2n) is 7.43. The van der Waals surface area contributed by atoms with Crippen LogP contribution in [-0.4, -0.2) is 37.0 Å². The van der Waals surface area contributed by atoms with E-state index in [1.165, 1.54) is 4.80 Å². The van der Waals surface area contributed by atoms with Gasteiger partial charge in [0, 0.05) is 18.4 Å². The molecule has 0 saturated heterocycles. The molecule has 1 aliphatic rings. The summed E-state index contributed by atoms with van der Waals surface area (Å²) in [6, 6.07) is 7.05. The maximum Gasteiger partial charge on any atom is 0.248 e. The molecule has 0 spiro atoms. The molecule has 158 valence electrons. The zero-order valence-corrected chi connectivity index (χ0v) is 17.8. The number of thiazole rings is 1. The summed E-state index contributed by atoms with van der Waals surface area (Å²) < 4.78 is 28.3. The van der Waals surface area contributed by atoms with Gasteiger partial charge in [0.05, 0.1) is 18.7 Å². The SMILES string of the molecule is Cc1nc(NC(=O)[C@@H](c2ccc(-c3nnn(C)n3)cc2)[C@H]2CCC(F)(F)C2)sc1Cl. The standard InChI is InChI=1S/C19H19ClF2N6OS/c1-10-15(20)30-18(23-10)24-17(29)14(13-7-8-19(21,22)9-13)11-3-5-12(6-4-11)16-25-27-28(2)26-16/h3-6,13-14H,7-9H2,1-2H3,(H,23,24,29)/t13-,14-/m0/s1. The van der Waals surface area contributed by atoms with Crippen LogP contribution >= 0.6 is 22.9 Å². The molecular formula is C19H19ClF2N6OS. The number of nitrogens with zero attached hydrogens (tertiary/aromatic N) is 5. The average molecular weight is 453 g/mol. The predicted molar refractivity (Wildman–Crippen MR) is 110 cm³/mol. The summed E-state index contributed by atoms with van der Waals surface area (Å²) in [4.78, 5) is 18.7. The molecule has 2 atom stereocenters. The summed E-state index contributed by atoms with van der Waals surface area (Å²) in [5.74, 6) is -3.88. The molecule has 2 aromatic heterocycles. The molecule has 1 N–H and O–H groups in total. The minimum Gasteiger partial charge on any atom is -0.301 e. The molecule has 30 heavy (non-hydrogen) atoms. The van der Waals surface area contributed by atoms with Crippen molar-refractivity contribution in [3.8, 4) is 11.4 Å². The average Bonchev–Trinajstić information content (AvgIpc) is 3.35. The minimum absolute atomic E-state index is 0.217. The van der Waals surface area contributed by atoms with Crippen LogP contribution in [0.4, 0.5) is 13.9 Å². The quantitative estimate of drug-likeness (QED) is 0.618. The van der Waals surface area contributed by atoms with Gasteiger partial charge < -0.3 is 5.32 Å². The van der Waals surface area contributed by atoms with Gasteiger partial charge in [-0.25, -0.2) is 13.8 Å². The highest BCUT2D eigenvalue weighted by Crippen LogP contribution is 2.46. The van der Waals surface area contributed by atoms with E-state index < -0.39 is 17.8 Å². The van der Waals surface area contributed by atoms with Gasteiger partial charge in [0.25, 0.3) is 0 Å². The van der Waals surface area contributed by atoms with Crippen LogP contribution in [-0.2, 0) is 11.8 Å². The zero-order chi connectivity index (χ0) is 21.5. The Morgan fingerprint density at radius 1 is 1.37 bits per heavy atom. The number of hydrogen-bond donors (Lipinski definition) is 1. The first-order valence-corrected chi connectivity index (χ1v) is 10.6. The van der Waals surface area contributed by atoms with Crippen molar-refractivity contribution in [2.24, 2.45) is 13.0 Å². The van der Waals surface area contributed by atoms with E-state index in [-0.39, 0.29) is 25.2 Å². The maximum atomic E-state index is 13.9. The van der Waals surface area contributed by atoms with Crippen molar-refractivity contribution in [3.63, 3.8) is 0 Å². The monoisotopic (exact) mass is 452 g/mol. The van der Waals surface area contributed by atoms with E-state index in [0.29, 0.717) is 26.5 Å². The summed E-state index contributed by atoms with van der Waals surface area (Å²) in [7, 11) is 1.66. The maximum absolute atomic E-state index is 13.9. The van der Waals surface area contributed by atoms with Gasteiger partial charge in [0.1, 0.15) is 4.34 Å². The van der Waals surface area contributed by atoms with Crippen LogP contribution < -0.4 is 5.32 Å². The van der Waals surface area contributed by atoms with Crippen LogP contribution in [0.5, 0.6) is 0 Å².